The summed E-state index contributed by atoms with van der Waals surface area (Å²) in [5.41, 5.74) is 1.14. The number of rotatable bonds is 7. The van der Waals surface area contributed by atoms with Gasteiger partial charge in [-0.05, 0) is 42.5 Å². The standard InChI is InChI=1S/C18H16BrClN2O4/c19-12-4-6-14(7-5-12)21-17(24)11-26-18(25)9-8-16(23)22-15-3-1-2-13(20)10-15/h1-7,10H,8-9,11H2,(H,21,24)(H,22,23). The van der Waals surface area contributed by atoms with Crippen LogP contribution < -0.4 is 10.6 Å². The van der Waals surface area contributed by atoms with Crippen molar-refractivity contribution in [2.24, 2.45) is 0 Å². The molecule has 0 atom stereocenters. The van der Waals surface area contributed by atoms with Crippen LogP contribution in [0.3, 0.4) is 0 Å². The Morgan fingerprint density at radius 2 is 1.62 bits per heavy atom. The lowest BCUT2D eigenvalue weighted by Crippen LogP contribution is -2.21. The molecule has 0 heterocycles. The van der Waals surface area contributed by atoms with Crippen molar-refractivity contribution in [3.05, 3.63) is 58.0 Å². The molecule has 0 fully saturated rings. The third-order valence-electron chi connectivity index (χ3n) is 3.16. The average Bonchev–Trinajstić information content (AvgIpc) is 2.60. The summed E-state index contributed by atoms with van der Waals surface area (Å²) in [7, 11) is 0. The number of carbonyl (C=O) groups is 3. The zero-order valence-corrected chi connectivity index (χ0v) is 16.0. The molecule has 0 unspecified atom stereocenters. The van der Waals surface area contributed by atoms with Gasteiger partial charge in [-0.25, -0.2) is 0 Å². The van der Waals surface area contributed by atoms with Crippen molar-refractivity contribution in [3.63, 3.8) is 0 Å². The molecule has 2 rings (SSSR count). The molecule has 0 bridgehead atoms. The van der Waals surface area contributed by atoms with Crippen molar-refractivity contribution in [1.29, 1.82) is 0 Å². The van der Waals surface area contributed by atoms with Gasteiger partial charge in [0.1, 0.15) is 0 Å². The van der Waals surface area contributed by atoms with Crippen LogP contribution in [0.25, 0.3) is 0 Å². The Labute approximate surface area is 164 Å². The molecule has 0 spiro atoms. The maximum Gasteiger partial charge on any atom is 0.306 e. The van der Waals surface area contributed by atoms with E-state index in [0.717, 1.165) is 4.47 Å². The van der Waals surface area contributed by atoms with Gasteiger partial charge in [-0.2, -0.15) is 0 Å². The maximum absolute atomic E-state index is 11.8. The molecule has 0 saturated heterocycles. The van der Waals surface area contributed by atoms with E-state index < -0.39 is 18.5 Å². The van der Waals surface area contributed by atoms with E-state index in [1.165, 1.54) is 0 Å². The second-order valence-corrected chi connectivity index (χ2v) is 6.63. The van der Waals surface area contributed by atoms with Gasteiger partial charge in [0.05, 0.1) is 6.42 Å². The number of carbonyl (C=O) groups excluding carboxylic acids is 3. The summed E-state index contributed by atoms with van der Waals surface area (Å²) in [4.78, 5) is 35.2. The highest BCUT2D eigenvalue weighted by Gasteiger charge is 2.11. The van der Waals surface area contributed by atoms with Gasteiger partial charge in [0.15, 0.2) is 6.61 Å². The highest BCUT2D eigenvalue weighted by Crippen LogP contribution is 2.15. The maximum atomic E-state index is 11.8. The second-order valence-electron chi connectivity index (χ2n) is 5.27. The van der Waals surface area contributed by atoms with E-state index in [1.54, 1.807) is 48.5 Å². The monoisotopic (exact) mass is 438 g/mol. The first kappa shape index (κ1) is 19.9. The topological polar surface area (TPSA) is 84.5 Å². The third kappa shape index (κ3) is 7.25. The number of esters is 1. The Kier molecular flexibility index (Phi) is 7.62. The van der Waals surface area contributed by atoms with Gasteiger partial charge >= 0.3 is 5.97 Å². The molecule has 8 heteroatoms. The molecular formula is C18H16BrClN2O4. The summed E-state index contributed by atoms with van der Waals surface area (Å²) < 4.78 is 5.75. The first-order chi connectivity index (χ1) is 12.4. The van der Waals surface area contributed by atoms with Crippen molar-refractivity contribution < 1.29 is 19.1 Å². The van der Waals surface area contributed by atoms with Gasteiger partial charge in [-0.3, -0.25) is 14.4 Å². The summed E-state index contributed by atoms with van der Waals surface area (Å²) in [6.45, 7) is -0.412. The molecular weight excluding hydrogens is 424 g/mol. The van der Waals surface area contributed by atoms with E-state index in [9.17, 15) is 14.4 Å². The number of nitrogens with one attached hydrogen (secondary N) is 2. The fourth-order valence-electron chi connectivity index (χ4n) is 1.95. The van der Waals surface area contributed by atoms with Crippen molar-refractivity contribution in [2.75, 3.05) is 17.2 Å². The first-order valence-corrected chi connectivity index (χ1v) is 8.86. The average molecular weight is 440 g/mol. The van der Waals surface area contributed by atoms with Crippen LogP contribution in [0.15, 0.2) is 53.0 Å². The molecule has 2 aromatic rings. The van der Waals surface area contributed by atoms with E-state index in [1.807, 2.05) is 0 Å². The minimum atomic E-state index is -0.628. The fourth-order valence-corrected chi connectivity index (χ4v) is 2.41. The second kappa shape index (κ2) is 9.94. The Morgan fingerprint density at radius 1 is 0.923 bits per heavy atom. The fraction of sp³-hybridized carbons (Fsp3) is 0.167. The molecule has 2 N–H and O–H groups in total. The minimum Gasteiger partial charge on any atom is -0.456 e. The normalized spacial score (nSPS) is 10.1. The SMILES string of the molecule is O=C(CCC(=O)OCC(=O)Nc1ccc(Br)cc1)Nc1cccc(Cl)c1. The van der Waals surface area contributed by atoms with E-state index in [0.29, 0.717) is 16.4 Å². The summed E-state index contributed by atoms with van der Waals surface area (Å²) in [6, 6.07) is 13.7. The van der Waals surface area contributed by atoms with Crippen LogP contribution in [0, 0.1) is 0 Å². The molecule has 26 heavy (non-hydrogen) atoms. The van der Waals surface area contributed by atoms with Crippen molar-refractivity contribution >= 4 is 56.7 Å². The Balaban J connectivity index is 1.67. The van der Waals surface area contributed by atoms with Crippen LogP contribution in [-0.2, 0) is 19.1 Å². The van der Waals surface area contributed by atoms with Crippen LogP contribution in [-0.4, -0.2) is 24.4 Å². The van der Waals surface area contributed by atoms with E-state index in [4.69, 9.17) is 16.3 Å². The van der Waals surface area contributed by atoms with Crippen LogP contribution in [0.4, 0.5) is 11.4 Å². The van der Waals surface area contributed by atoms with Crippen molar-refractivity contribution in [3.8, 4) is 0 Å². The number of ether oxygens (including phenoxy) is 1. The lowest BCUT2D eigenvalue weighted by Gasteiger charge is -2.07. The van der Waals surface area contributed by atoms with Gasteiger partial charge in [-0.15, -0.1) is 0 Å². The number of hydrogen-bond acceptors (Lipinski definition) is 4. The summed E-state index contributed by atoms with van der Waals surface area (Å²) in [5, 5.41) is 5.72. The van der Waals surface area contributed by atoms with Crippen molar-refractivity contribution in [2.45, 2.75) is 12.8 Å². The Morgan fingerprint density at radius 3 is 2.31 bits per heavy atom. The van der Waals surface area contributed by atoms with E-state index in [-0.39, 0.29) is 18.7 Å². The van der Waals surface area contributed by atoms with Gasteiger partial charge in [0.2, 0.25) is 5.91 Å². The zero-order valence-electron chi connectivity index (χ0n) is 13.6. The number of anilines is 2. The third-order valence-corrected chi connectivity index (χ3v) is 3.92. The molecule has 0 aliphatic carbocycles. The number of halogens is 2. The number of hydrogen-bond donors (Lipinski definition) is 2. The highest BCUT2D eigenvalue weighted by atomic mass is 79.9. The molecule has 6 nitrogen and oxygen atoms in total. The van der Waals surface area contributed by atoms with Crippen LogP contribution >= 0.6 is 27.5 Å². The molecule has 136 valence electrons. The van der Waals surface area contributed by atoms with Gasteiger partial charge in [0, 0.05) is 27.3 Å². The predicted molar refractivity (Wildman–Crippen MR) is 103 cm³/mol. The van der Waals surface area contributed by atoms with Crippen LogP contribution in [0.1, 0.15) is 12.8 Å². The zero-order chi connectivity index (χ0) is 18.9. The van der Waals surface area contributed by atoms with Crippen LogP contribution in [0.5, 0.6) is 0 Å². The molecule has 0 aliphatic rings. The minimum absolute atomic E-state index is 0.0559. The van der Waals surface area contributed by atoms with Crippen LogP contribution in [0.2, 0.25) is 5.02 Å². The van der Waals surface area contributed by atoms with E-state index in [2.05, 4.69) is 26.6 Å². The molecule has 0 saturated carbocycles. The summed E-state index contributed by atoms with van der Waals surface area (Å²) in [6.07, 6.45) is -0.183. The highest BCUT2D eigenvalue weighted by molar-refractivity contribution is 9.10. The lowest BCUT2D eigenvalue weighted by atomic mass is 10.2. The molecule has 0 radical (unpaired) electrons. The van der Waals surface area contributed by atoms with Crippen molar-refractivity contribution in [1.82, 2.24) is 0 Å². The predicted octanol–water partition coefficient (Wildman–Crippen LogP) is 4.00. The smallest absolute Gasteiger partial charge is 0.306 e. The summed E-state index contributed by atoms with van der Waals surface area (Å²) in [5.74, 6) is -1.43. The quantitative estimate of drug-likeness (QED) is 0.639. The molecule has 0 aliphatic heterocycles. The molecule has 2 aromatic carbocycles. The van der Waals surface area contributed by atoms with Gasteiger partial charge in [-0.1, -0.05) is 33.6 Å². The van der Waals surface area contributed by atoms with Gasteiger partial charge < -0.3 is 15.4 Å². The van der Waals surface area contributed by atoms with Gasteiger partial charge in [0.25, 0.3) is 5.91 Å². The first-order valence-electron chi connectivity index (χ1n) is 7.69. The largest absolute Gasteiger partial charge is 0.456 e. The number of benzene rings is 2. The molecule has 2 amide bonds. The lowest BCUT2D eigenvalue weighted by molar-refractivity contribution is -0.147. The Hall–Kier alpha value is -2.38. The Bertz CT molecular complexity index is 796. The van der Waals surface area contributed by atoms with E-state index >= 15 is 0 Å². The molecule has 0 aromatic heterocycles. The number of amides is 2. The summed E-state index contributed by atoms with van der Waals surface area (Å²) >= 11 is 9.12.